The average molecular weight is 321 g/mol. The molecule has 134 valence electrons. The van der Waals surface area contributed by atoms with Crippen LogP contribution in [0.5, 0.6) is 0 Å². The summed E-state index contributed by atoms with van der Waals surface area (Å²) in [4.78, 5) is 0. The Morgan fingerprint density at radius 3 is 2.00 bits per heavy atom. The van der Waals surface area contributed by atoms with Gasteiger partial charge in [0.25, 0.3) is 0 Å². The molecule has 2 rings (SSSR count). The van der Waals surface area contributed by atoms with E-state index in [-0.39, 0.29) is 0 Å². The zero-order valence-corrected chi connectivity index (χ0v) is 15.6. The van der Waals surface area contributed by atoms with Crippen LogP contribution < -0.4 is 0 Å². The number of hydrogen-bond acceptors (Lipinski definition) is 1. The van der Waals surface area contributed by atoms with E-state index in [9.17, 15) is 0 Å². The minimum absolute atomic E-state index is 0.724. The summed E-state index contributed by atoms with van der Waals surface area (Å²) >= 11 is 0. The number of ether oxygens (including phenoxy) is 1. The lowest BCUT2D eigenvalue weighted by Crippen LogP contribution is -2.27. The van der Waals surface area contributed by atoms with Crippen molar-refractivity contribution in [2.45, 2.75) is 90.4 Å². The molecule has 0 spiro atoms. The number of rotatable bonds is 10. The van der Waals surface area contributed by atoms with Gasteiger partial charge in [-0.2, -0.15) is 0 Å². The summed E-state index contributed by atoms with van der Waals surface area (Å²) in [7, 11) is 0. The highest BCUT2D eigenvalue weighted by molar-refractivity contribution is 4.82. The molecule has 0 aromatic carbocycles. The number of hydrogen-bond donors (Lipinski definition) is 0. The van der Waals surface area contributed by atoms with Crippen molar-refractivity contribution in [2.75, 3.05) is 13.2 Å². The fourth-order valence-electron chi connectivity index (χ4n) is 4.95. The maximum absolute atomic E-state index is 5.65. The summed E-state index contributed by atoms with van der Waals surface area (Å²) < 4.78 is 5.65. The second kappa shape index (κ2) is 11.3. The largest absolute Gasteiger partial charge is 0.377 e. The second-order valence-corrected chi connectivity index (χ2v) is 8.24. The molecule has 0 unspecified atom stereocenters. The third-order valence-electron chi connectivity index (χ3n) is 6.50. The van der Waals surface area contributed by atoms with Gasteiger partial charge in [0.2, 0.25) is 0 Å². The van der Waals surface area contributed by atoms with Gasteiger partial charge in [0.15, 0.2) is 0 Å². The highest BCUT2D eigenvalue weighted by atomic mass is 16.5. The molecule has 1 nitrogen and oxygen atoms in total. The van der Waals surface area contributed by atoms with Crippen LogP contribution in [0, 0.1) is 23.7 Å². The molecule has 2 fully saturated rings. The topological polar surface area (TPSA) is 9.23 Å². The van der Waals surface area contributed by atoms with Gasteiger partial charge in [-0.05, 0) is 62.2 Å². The molecule has 0 bridgehead atoms. The Labute approximate surface area is 145 Å². The lowest BCUT2D eigenvalue weighted by atomic mass is 9.69. The van der Waals surface area contributed by atoms with Gasteiger partial charge in [-0.3, -0.25) is 0 Å². The summed E-state index contributed by atoms with van der Waals surface area (Å²) in [5.74, 6) is 3.97. The van der Waals surface area contributed by atoms with Gasteiger partial charge >= 0.3 is 0 Å². The fourth-order valence-corrected chi connectivity index (χ4v) is 4.95. The zero-order valence-electron chi connectivity index (χ0n) is 15.6. The first-order valence-corrected chi connectivity index (χ1v) is 10.5. The lowest BCUT2D eigenvalue weighted by Gasteiger charge is -2.38. The van der Waals surface area contributed by atoms with Crippen LogP contribution in [0.25, 0.3) is 0 Å². The molecular formula is C22H40O. The van der Waals surface area contributed by atoms with E-state index in [1.807, 2.05) is 6.08 Å². The first-order valence-electron chi connectivity index (χ1n) is 10.5. The molecule has 0 aromatic heterocycles. The summed E-state index contributed by atoms with van der Waals surface area (Å²) in [5.41, 5.74) is 0. The van der Waals surface area contributed by atoms with Gasteiger partial charge in [0.05, 0.1) is 6.61 Å². The third-order valence-corrected chi connectivity index (χ3v) is 6.50. The smallest absolute Gasteiger partial charge is 0.0644 e. The summed E-state index contributed by atoms with van der Waals surface area (Å²) in [5, 5.41) is 0. The van der Waals surface area contributed by atoms with E-state index in [1.165, 1.54) is 83.5 Å². The lowest BCUT2D eigenvalue weighted by molar-refractivity contribution is 0.0779. The van der Waals surface area contributed by atoms with Gasteiger partial charge in [-0.15, -0.1) is 6.58 Å². The molecule has 0 saturated heterocycles. The van der Waals surface area contributed by atoms with Crippen molar-refractivity contribution in [1.82, 2.24) is 0 Å². The Morgan fingerprint density at radius 2 is 1.43 bits per heavy atom. The van der Waals surface area contributed by atoms with Crippen LogP contribution in [0.1, 0.15) is 90.4 Å². The Hall–Kier alpha value is -0.300. The molecule has 2 saturated carbocycles. The van der Waals surface area contributed by atoms with Crippen molar-refractivity contribution < 1.29 is 4.74 Å². The highest BCUT2D eigenvalue weighted by Gasteiger charge is 2.30. The van der Waals surface area contributed by atoms with Gasteiger partial charge in [-0.1, -0.05) is 57.9 Å². The Bertz CT molecular complexity index is 295. The van der Waals surface area contributed by atoms with Crippen LogP contribution in [-0.4, -0.2) is 13.2 Å². The molecule has 0 aliphatic heterocycles. The fraction of sp³-hybridized carbons (Fsp3) is 0.909. The van der Waals surface area contributed by atoms with E-state index in [0.29, 0.717) is 0 Å². The van der Waals surface area contributed by atoms with Crippen molar-refractivity contribution in [3.05, 3.63) is 12.7 Å². The highest BCUT2D eigenvalue weighted by Crippen LogP contribution is 2.42. The van der Waals surface area contributed by atoms with E-state index >= 15 is 0 Å². The minimum atomic E-state index is 0.724. The third kappa shape index (κ3) is 6.99. The average Bonchev–Trinajstić information content (AvgIpc) is 2.60. The van der Waals surface area contributed by atoms with Crippen molar-refractivity contribution in [2.24, 2.45) is 23.7 Å². The monoisotopic (exact) mass is 320 g/mol. The standard InChI is InChI=1S/C22H40O/c1-3-5-6-7-8-19-9-13-21(14-10-19)22-15-11-20(12-16-22)18-23-17-4-2/h4,19-22H,2-3,5-18H2,1H3/t19-,20?,21-,22?. The molecule has 23 heavy (non-hydrogen) atoms. The van der Waals surface area contributed by atoms with Crippen LogP contribution in [0.4, 0.5) is 0 Å². The predicted octanol–water partition coefficient (Wildman–Crippen LogP) is 6.77. The zero-order chi connectivity index (χ0) is 16.3. The molecule has 0 atom stereocenters. The van der Waals surface area contributed by atoms with E-state index in [0.717, 1.165) is 36.9 Å². The minimum Gasteiger partial charge on any atom is -0.377 e. The van der Waals surface area contributed by atoms with E-state index in [1.54, 1.807) is 0 Å². The molecule has 2 aliphatic carbocycles. The van der Waals surface area contributed by atoms with Crippen molar-refractivity contribution >= 4 is 0 Å². The maximum atomic E-state index is 5.65. The molecule has 2 aliphatic rings. The van der Waals surface area contributed by atoms with Crippen LogP contribution in [-0.2, 0) is 4.74 Å². The van der Waals surface area contributed by atoms with Gasteiger partial charge in [0, 0.05) is 6.61 Å². The first kappa shape index (κ1) is 19.0. The summed E-state index contributed by atoms with van der Waals surface area (Å²) in [6.07, 6.45) is 21.0. The first-order chi connectivity index (χ1) is 11.3. The normalized spacial score (nSPS) is 31.9. The van der Waals surface area contributed by atoms with Crippen LogP contribution in [0.2, 0.25) is 0 Å². The summed E-state index contributed by atoms with van der Waals surface area (Å²) in [6.45, 7) is 7.72. The molecule has 0 aromatic rings. The van der Waals surface area contributed by atoms with Gasteiger partial charge < -0.3 is 4.74 Å². The summed E-state index contributed by atoms with van der Waals surface area (Å²) in [6, 6.07) is 0. The van der Waals surface area contributed by atoms with Gasteiger partial charge in [-0.25, -0.2) is 0 Å². The van der Waals surface area contributed by atoms with Crippen LogP contribution in [0.3, 0.4) is 0 Å². The molecule has 0 heterocycles. The Balaban J connectivity index is 1.56. The molecule has 0 amide bonds. The number of unbranched alkanes of at least 4 members (excludes halogenated alkanes) is 3. The van der Waals surface area contributed by atoms with Crippen LogP contribution in [0.15, 0.2) is 12.7 Å². The molecule has 0 N–H and O–H groups in total. The second-order valence-electron chi connectivity index (χ2n) is 8.24. The van der Waals surface area contributed by atoms with E-state index in [2.05, 4.69) is 13.5 Å². The van der Waals surface area contributed by atoms with E-state index in [4.69, 9.17) is 4.74 Å². The molecule has 1 heteroatoms. The van der Waals surface area contributed by atoms with Crippen molar-refractivity contribution in [3.63, 3.8) is 0 Å². The van der Waals surface area contributed by atoms with Crippen molar-refractivity contribution in [1.29, 1.82) is 0 Å². The van der Waals surface area contributed by atoms with Crippen LogP contribution >= 0.6 is 0 Å². The maximum Gasteiger partial charge on any atom is 0.0644 e. The quantitative estimate of drug-likeness (QED) is 0.319. The van der Waals surface area contributed by atoms with E-state index < -0.39 is 0 Å². The Morgan fingerprint density at radius 1 is 0.826 bits per heavy atom. The molecule has 0 radical (unpaired) electrons. The SMILES string of the molecule is C=CCOCC1CCC([C@H]2CC[C@H](CCCCCC)CC2)CC1. The van der Waals surface area contributed by atoms with Crippen molar-refractivity contribution in [3.8, 4) is 0 Å². The Kier molecular flexibility index (Phi) is 9.34. The van der Waals surface area contributed by atoms with Gasteiger partial charge in [0.1, 0.15) is 0 Å². The molecular weight excluding hydrogens is 280 g/mol. The predicted molar refractivity (Wildman–Crippen MR) is 101 cm³/mol.